The average molecular weight is 341 g/mol. The van der Waals surface area contributed by atoms with E-state index in [1.54, 1.807) is 18.3 Å². The summed E-state index contributed by atoms with van der Waals surface area (Å²) in [5.74, 6) is 0.438. The Morgan fingerprint density at radius 1 is 1.24 bits per heavy atom. The summed E-state index contributed by atoms with van der Waals surface area (Å²) in [5, 5.41) is 11.2. The second kappa shape index (κ2) is 6.60. The van der Waals surface area contributed by atoms with Crippen LogP contribution in [-0.2, 0) is 6.61 Å². The van der Waals surface area contributed by atoms with Crippen molar-refractivity contribution in [2.75, 3.05) is 7.11 Å². The Hall–Kier alpha value is -3.42. The SMILES string of the molecule is COc1ccc(OCc2cc(=O)n3cc(C)ccc3n2)c([N+](=O)[O-])c1. The van der Waals surface area contributed by atoms with Crippen molar-refractivity contribution in [2.24, 2.45) is 0 Å². The van der Waals surface area contributed by atoms with Crippen molar-refractivity contribution in [3.63, 3.8) is 0 Å². The molecule has 3 rings (SSSR count). The van der Waals surface area contributed by atoms with Gasteiger partial charge in [-0.05, 0) is 30.7 Å². The van der Waals surface area contributed by atoms with Crippen LogP contribution in [0.5, 0.6) is 11.5 Å². The third kappa shape index (κ3) is 3.42. The van der Waals surface area contributed by atoms with E-state index in [1.807, 2.05) is 13.0 Å². The minimum absolute atomic E-state index is 0.0627. The second-order valence-electron chi connectivity index (χ2n) is 5.40. The van der Waals surface area contributed by atoms with Crippen molar-refractivity contribution < 1.29 is 14.4 Å². The fourth-order valence-electron chi connectivity index (χ4n) is 2.37. The first-order chi connectivity index (χ1) is 12.0. The molecule has 0 aliphatic carbocycles. The van der Waals surface area contributed by atoms with Gasteiger partial charge in [-0.3, -0.25) is 19.3 Å². The number of fused-ring (bicyclic) bond motifs is 1. The minimum atomic E-state index is -0.552. The Kier molecular flexibility index (Phi) is 4.34. The topological polar surface area (TPSA) is 96.0 Å². The largest absolute Gasteiger partial charge is 0.496 e. The number of aryl methyl sites for hydroxylation is 1. The number of nitro groups is 1. The summed E-state index contributed by atoms with van der Waals surface area (Å²) < 4.78 is 11.9. The number of methoxy groups -OCH3 is 1. The van der Waals surface area contributed by atoms with Gasteiger partial charge in [-0.2, -0.15) is 0 Å². The maximum absolute atomic E-state index is 12.2. The number of nitrogens with zero attached hydrogens (tertiary/aromatic N) is 3. The molecule has 0 saturated carbocycles. The molecule has 0 fully saturated rings. The average Bonchev–Trinajstić information content (AvgIpc) is 2.60. The fraction of sp³-hybridized carbons (Fsp3) is 0.176. The Labute approximate surface area is 142 Å². The van der Waals surface area contributed by atoms with Crippen molar-refractivity contribution in [2.45, 2.75) is 13.5 Å². The standard InChI is InChI=1S/C17H15N3O5/c1-11-3-6-16-18-12(7-17(21)19(16)9-11)10-25-15-5-4-13(24-2)8-14(15)20(22)23/h3-9H,10H2,1-2H3. The summed E-state index contributed by atoms with van der Waals surface area (Å²) >= 11 is 0. The lowest BCUT2D eigenvalue weighted by Crippen LogP contribution is -2.16. The summed E-state index contributed by atoms with van der Waals surface area (Å²) in [6.45, 7) is 1.82. The van der Waals surface area contributed by atoms with Crippen LogP contribution in [0.15, 0.2) is 47.4 Å². The predicted octanol–water partition coefficient (Wildman–Crippen LogP) is 2.50. The molecule has 0 bridgehead atoms. The molecule has 0 aliphatic heterocycles. The van der Waals surface area contributed by atoms with Gasteiger partial charge in [0.2, 0.25) is 0 Å². The number of pyridine rings is 1. The minimum Gasteiger partial charge on any atom is -0.496 e. The van der Waals surface area contributed by atoms with Crippen LogP contribution in [0.1, 0.15) is 11.3 Å². The fourth-order valence-corrected chi connectivity index (χ4v) is 2.37. The molecule has 0 atom stereocenters. The molecule has 2 heterocycles. The highest BCUT2D eigenvalue weighted by molar-refractivity contribution is 5.51. The molecular formula is C17H15N3O5. The quantitative estimate of drug-likeness (QED) is 0.522. The maximum atomic E-state index is 12.2. The second-order valence-corrected chi connectivity index (χ2v) is 5.40. The Morgan fingerprint density at radius 3 is 2.76 bits per heavy atom. The third-order valence-corrected chi connectivity index (χ3v) is 3.60. The van der Waals surface area contributed by atoms with Gasteiger partial charge in [0, 0.05) is 12.3 Å². The normalized spacial score (nSPS) is 10.6. The molecule has 0 saturated heterocycles. The van der Waals surface area contributed by atoms with Gasteiger partial charge in [-0.15, -0.1) is 0 Å². The van der Waals surface area contributed by atoms with Gasteiger partial charge < -0.3 is 9.47 Å². The molecule has 1 aromatic carbocycles. The molecule has 8 nitrogen and oxygen atoms in total. The van der Waals surface area contributed by atoms with Crippen molar-refractivity contribution in [3.05, 3.63) is 74.3 Å². The van der Waals surface area contributed by atoms with Gasteiger partial charge in [0.25, 0.3) is 5.56 Å². The monoisotopic (exact) mass is 341 g/mol. The molecule has 0 radical (unpaired) electrons. The molecule has 2 aromatic heterocycles. The van der Waals surface area contributed by atoms with Gasteiger partial charge in [-0.1, -0.05) is 6.07 Å². The Morgan fingerprint density at radius 2 is 2.04 bits per heavy atom. The molecule has 8 heteroatoms. The Balaban J connectivity index is 1.89. The molecule has 128 valence electrons. The highest BCUT2D eigenvalue weighted by atomic mass is 16.6. The molecule has 0 spiro atoms. The third-order valence-electron chi connectivity index (χ3n) is 3.60. The molecule has 3 aromatic rings. The van der Waals surface area contributed by atoms with Crippen LogP contribution in [0.2, 0.25) is 0 Å². The van der Waals surface area contributed by atoms with E-state index >= 15 is 0 Å². The highest BCUT2D eigenvalue weighted by Crippen LogP contribution is 2.31. The van der Waals surface area contributed by atoms with Crippen LogP contribution in [0.3, 0.4) is 0 Å². The number of aromatic nitrogens is 2. The maximum Gasteiger partial charge on any atom is 0.314 e. The highest BCUT2D eigenvalue weighted by Gasteiger charge is 2.17. The lowest BCUT2D eigenvalue weighted by atomic mass is 10.2. The van der Waals surface area contributed by atoms with E-state index in [4.69, 9.17) is 9.47 Å². The van der Waals surface area contributed by atoms with Crippen molar-refractivity contribution in [1.82, 2.24) is 9.38 Å². The van der Waals surface area contributed by atoms with Crippen LogP contribution in [-0.4, -0.2) is 21.4 Å². The van der Waals surface area contributed by atoms with Gasteiger partial charge in [0.1, 0.15) is 18.0 Å². The Bertz CT molecular complexity index is 1010. The zero-order valence-corrected chi connectivity index (χ0v) is 13.6. The summed E-state index contributed by atoms with van der Waals surface area (Å²) in [5.41, 5.74) is 1.36. The number of ether oxygens (including phenoxy) is 2. The molecule has 25 heavy (non-hydrogen) atoms. The van der Waals surface area contributed by atoms with Crippen molar-refractivity contribution >= 4 is 11.3 Å². The van der Waals surface area contributed by atoms with E-state index in [-0.39, 0.29) is 23.6 Å². The number of benzene rings is 1. The van der Waals surface area contributed by atoms with Gasteiger partial charge in [-0.25, -0.2) is 4.98 Å². The van der Waals surface area contributed by atoms with Gasteiger partial charge in [0.15, 0.2) is 5.75 Å². The van der Waals surface area contributed by atoms with Gasteiger partial charge >= 0.3 is 5.69 Å². The first kappa shape index (κ1) is 16.4. The van der Waals surface area contributed by atoms with Gasteiger partial charge in [0.05, 0.1) is 23.8 Å². The van der Waals surface area contributed by atoms with Crippen LogP contribution in [0, 0.1) is 17.0 Å². The van der Waals surface area contributed by atoms with Crippen LogP contribution in [0.25, 0.3) is 5.65 Å². The smallest absolute Gasteiger partial charge is 0.314 e. The van der Waals surface area contributed by atoms with E-state index < -0.39 is 4.92 Å². The zero-order chi connectivity index (χ0) is 18.0. The molecule has 0 amide bonds. The zero-order valence-electron chi connectivity index (χ0n) is 13.6. The number of hydrogen-bond acceptors (Lipinski definition) is 6. The van der Waals surface area contributed by atoms with E-state index in [1.165, 1.54) is 29.7 Å². The first-order valence-corrected chi connectivity index (χ1v) is 7.42. The molecule has 0 unspecified atom stereocenters. The number of hydrogen-bond donors (Lipinski definition) is 0. The molecule has 0 N–H and O–H groups in total. The van der Waals surface area contributed by atoms with Crippen LogP contribution < -0.4 is 15.0 Å². The lowest BCUT2D eigenvalue weighted by molar-refractivity contribution is -0.386. The lowest BCUT2D eigenvalue weighted by Gasteiger charge is -2.09. The number of rotatable bonds is 5. The van der Waals surface area contributed by atoms with E-state index in [9.17, 15) is 14.9 Å². The van der Waals surface area contributed by atoms with Crippen molar-refractivity contribution in [1.29, 1.82) is 0 Å². The summed E-state index contributed by atoms with van der Waals surface area (Å²) in [6.07, 6.45) is 1.70. The van der Waals surface area contributed by atoms with E-state index in [0.29, 0.717) is 17.1 Å². The van der Waals surface area contributed by atoms with E-state index in [2.05, 4.69) is 4.98 Å². The number of nitro benzene ring substituents is 1. The molecule has 0 aliphatic rings. The van der Waals surface area contributed by atoms with Crippen LogP contribution >= 0.6 is 0 Å². The first-order valence-electron chi connectivity index (χ1n) is 7.42. The van der Waals surface area contributed by atoms with Crippen LogP contribution in [0.4, 0.5) is 5.69 Å². The summed E-state index contributed by atoms with van der Waals surface area (Å²) in [6, 6.07) is 9.22. The summed E-state index contributed by atoms with van der Waals surface area (Å²) in [7, 11) is 1.42. The summed E-state index contributed by atoms with van der Waals surface area (Å²) in [4.78, 5) is 27.1. The van der Waals surface area contributed by atoms with E-state index in [0.717, 1.165) is 5.56 Å². The predicted molar refractivity (Wildman–Crippen MR) is 90.2 cm³/mol. The van der Waals surface area contributed by atoms with Crippen molar-refractivity contribution in [3.8, 4) is 11.5 Å². The molecular weight excluding hydrogens is 326 g/mol.